The monoisotopic (exact) mass is 356 g/mol. The van der Waals surface area contributed by atoms with E-state index in [1.165, 1.54) is 0 Å². The summed E-state index contributed by atoms with van der Waals surface area (Å²) in [4.78, 5) is 18.7. The molecule has 1 heterocycles. The van der Waals surface area contributed by atoms with Crippen molar-refractivity contribution < 1.29 is 9.53 Å². The van der Waals surface area contributed by atoms with Crippen LogP contribution in [-0.2, 0) is 6.42 Å². The maximum Gasteiger partial charge on any atom is 0.252 e. The van der Waals surface area contributed by atoms with Crippen LogP contribution < -0.4 is 15.4 Å². The molecule has 6 nitrogen and oxygen atoms in total. The summed E-state index contributed by atoms with van der Waals surface area (Å²) in [7, 11) is 5.76. The summed E-state index contributed by atoms with van der Waals surface area (Å²) in [6, 6.07) is 11.5. The molecule has 0 spiro atoms. The summed E-state index contributed by atoms with van der Waals surface area (Å²) in [5.41, 5.74) is 1.69. The van der Waals surface area contributed by atoms with E-state index in [-0.39, 0.29) is 5.91 Å². The van der Waals surface area contributed by atoms with E-state index in [1.54, 1.807) is 19.4 Å². The molecule has 0 bridgehead atoms. The number of carbonyl (C=O) groups is 1. The van der Waals surface area contributed by atoms with Crippen LogP contribution in [-0.4, -0.2) is 56.6 Å². The van der Waals surface area contributed by atoms with Gasteiger partial charge in [0.1, 0.15) is 11.6 Å². The van der Waals surface area contributed by atoms with Crippen molar-refractivity contribution in [2.75, 3.05) is 46.2 Å². The fourth-order valence-corrected chi connectivity index (χ4v) is 2.49. The van der Waals surface area contributed by atoms with E-state index in [9.17, 15) is 4.79 Å². The zero-order chi connectivity index (χ0) is 18.8. The van der Waals surface area contributed by atoms with Crippen molar-refractivity contribution >= 4 is 11.7 Å². The Labute approximate surface area is 155 Å². The average molecular weight is 356 g/mol. The number of rotatable bonds is 10. The van der Waals surface area contributed by atoms with Crippen molar-refractivity contribution in [1.82, 2.24) is 15.2 Å². The minimum Gasteiger partial charge on any atom is -0.497 e. The molecule has 0 radical (unpaired) electrons. The lowest BCUT2D eigenvalue weighted by Gasteiger charge is -2.10. The van der Waals surface area contributed by atoms with Gasteiger partial charge < -0.3 is 20.3 Å². The standard InChI is InChI=1S/C20H28N4O2/c1-24(2)13-5-11-21-19-9-8-17(15-23-19)20(25)22-12-10-16-6-4-7-18(14-16)26-3/h4,6-9,14-15H,5,10-13H2,1-3H3,(H,21,23)(H,22,25). The number of methoxy groups -OCH3 is 1. The normalized spacial score (nSPS) is 10.6. The minimum atomic E-state index is -0.112. The van der Waals surface area contributed by atoms with Crippen LogP contribution in [0.1, 0.15) is 22.3 Å². The quantitative estimate of drug-likeness (QED) is 0.640. The summed E-state index contributed by atoms with van der Waals surface area (Å²) >= 11 is 0. The zero-order valence-electron chi connectivity index (χ0n) is 15.8. The van der Waals surface area contributed by atoms with Gasteiger partial charge >= 0.3 is 0 Å². The first-order valence-corrected chi connectivity index (χ1v) is 8.84. The summed E-state index contributed by atoms with van der Waals surface area (Å²) in [5, 5.41) is 6.18. The van der Waals surface area contributed by atoms with Gasteiger partial charge in [-0.15, -0.1) is 0 Å². The number of benzene rings is 1. The molecule has 2 aromatic rings. The average Bonchev–Trinajstić information content (AvgIpc) is 2.65. The predicted octanol–water partition coefficient (Wildman–Crippen LogP) is 2.43. The van der Waals surface area contributed by atoms with Gasteiger partial charge in [-0.25, -0.2) is 4.98 Å². The van der Waals surface area contributed by atoms with Gasteiger partial charge in [0.2, 0.25) is 0 Å². The number of carbonyl (C=O) groups excluding carboxylic acids is 1. The zero-order valence-corrected chi connectivity index (χ0v) is 15.8. The third-order valence-electron chi connectivity index (χ3n) is 3.95. The molecule has 1 amide bonds. The van der Waals surface area contributed by atoms with E-state index in [1.807, 2.05) is 30.3 Å². The molecule has 0 aliphatic heterocycles. The third-order valence-corrected chi connectivity index (χ3v) is 3.95. The van der Waals surface area contributed by atoms with E-state index < -0.39 is 0 Å². The molecule has 0 saturated heterocycles. The summed E-state index contributed by atoms with van der Waals surface area (Å²) in [6.07, 6.45) is 3.40. The Morgan fingerprint density at radius 1 is 1.19 bits per heavy atom. The van der Waals surface area contributed by atoms with E-state index in [2.05, 4.69) is 34.6 Å². The molecule has 0 unspecified atom stereocenters. The molecule has 1 aromatic carbocycles. The van der Waals surface area contributed by atoms with Crippen LogP contribution in [0.25, 0.3) is 0 Å². The van der Waals surface area contributed by atoms with Crippen molar-refractivity contribution in [2.24, 2.45) is 0 Å². The molecule has 0 aliphatic carbocycles. The van der Waals surface area contributed by atoms with Crippen molar-refractivity contribution in [3.8, 4) is 5.75 Å². The van der Waals surface area contributed by atoms with Gasteiger partial charge in [0.15, 0.2) is 0 Å². The highest BCUT2D eigenvalue weighted by molar-refractivity contribution is 5.94. The van der Waals surface area contributed by atoms with Gasteiger partial charge in [-0.2, -0.15) is 0 Å². The molecule has 0 fully saturated rings. The summed E-state index contributed by atoms with van der Waals surface area (Å²) in [5.74, 6) is 1.50. The molecule has 0 saturated carbocycles. The van der Waals surface area contributed by atoms with Crippen molar-refractivity contribution in [1.29, 1.82) is 0 Å². The first-order chi connectivity index (χ1) is 12.6. The van der Waals surface area contributed by atoms with Crippen LogP contribution in [0.5, 0.6) is 5.75 Å². The smallest absolute Gasteiger partial charge is 0.252 e. The van der Waals surface area contributed by atoms with Gasteiger partial charge in [0, 0.05) is 19.3 Å². The van der Waals surface area contributed by atoms with Crippen LogP contribution in [0.4, 0.5) is 5.82 Å². The van der Waals surface area contributed by atoms with Gasteiger partial charge in [-0.05, 0) is 63.3 Å². The molecule has 2 rings (SSSR count). The second kappa shape index (κ2) is 10.4. The highest BCUT2D eigenvalue weighted by atomic mass is 16.5. The predicted molar refractivity (Wildman–Crippen MR) is 105 cm³/mol. The molecule has 26 heavy (non-hydrogen) atoms. The topological polar surface area (TPSA) is 66.5 Å². The van der Waals surface area contributed by atoms with Crippen molar-refractivity contribution in [3.63, 3.8) is 0 Å². The second-order valence-electron chi connectivity index (χ2n) is 6.37. The van der Waals surface area contributed by atoms with Crippen LogP contribution >= 0.6 is 0 Å². The Morgan fingerprint density at radius 3 is 2.73 bits per heavy atom. The molecule has 140 valence electrons. The minimum absolute atomic E-state index is 0.112. The molecule has 1 aromatic heterocycles. The van der Waals surface area contributed by atoms with Crippen LogP contribution in [0.2, 0.25) is 0 Å². The number of aromatic nitrogens is 1. The lowest BCUT2D eigenvalue weighted by molar-refractivity contribution is 0.0954. The second-order valence-corrected chi connectivity index (χ2v) is 6.37. The van der Waals surface area contributed by atoms with Crippen molar-refractivity contribution in [2.45, 2.75) is 12.8 Å². The van der Waals surface area contributed by atoms with E-state index >= 15 is 0 Å². The van der Waals surface area contributed by atoms with Gasteiger partial charge in [0.05, 0.1) is 12.7 Å². The first kappa shape index (κ1) is 19.7. The maximum atomic E-state index is 12.2. The number of hydrogen-bond donors (Lipinski definition) is 2. The van der Waals surface area contributed by atoms with Crippen LogP contribution in [0, 0.1) is 0 Å². The lowest BCUT2D eigenvalue weighted by atomic mass is 10.1. The molecular weight excluding hydrogens is 328 g/mol. The number of hydrogen-bond acceptors (Lipinski definition) is 5. The van der Waals surface area contributed by atoms with Crippen LogP contribution in [0.3, 0.4) is 0 Å². The Bertz CT molecular complexity index is 686. The van der Waals surface area contributed by atoms with Gasteiger partial charge in [-0.1, -0.05) is 12.1 Å². The Hall–Kier alpha value is -2.60. The fourth-order valence-electron chi connectivity index (χ4n) is 2.49. The number of amides is 1. The Balaban J connectivity index is 1.75. The SMILES string of the molecule is COc1cccc(CCNC(=O)c2ccc(NCCCN(C)C)nc2)c1. The van der Waals surface area contributed by atoms with E-state index in [0.717, 1.165) is 43.1 Å². The molecule has 0 aliphatic rings. The van der Waals surface area contributed by atoms with Gasteiger partial charge in [-0.3, -0.25) is 4.79 Å². The summed E-state index contributed by atoms with van der Waals surface area (Å²) in [6.45, 7) is 2.45. The highest BCUT2D eigenvalue weighted by Crippen LogP contribution is 2.12. The number of nitrogens with one attached hydrogen (secondary N) is 2. The first-order valence-electron chi connectivity index (χ1n) is 8.84. The van der Waals surface area contributed by atoms with E-state index in [4.69, 9.17) is 4.74 Å². The number of pyridine rings is 1. The molecule has 2 N–H and O–H groups in total. The van der Waals surface area contributed by atoms with E-state index in [0.29, 0.717) is 12.1 Å². The number of ether oxygens (including phenoxy) is 1. The molecule has 0 atom stereocenters. The Kier molecular flexibility index (Phi) is 7.89. The molecule has 6 heteroatoms. The number of anilines is 1. The van der Waals surface area contributed by atoms with Gasteiger partial charge in [0.25, 0.3) is 5.91 Å². The molecular formula is C20H28N4O2. The fraction of sp³-hybridized carbons (Fsp3) is 0.400. The Morgan fingerprint density at radius 2 is 2.04 bits per heavy atom. The van der Waals surface area contributed by atoms with Crippen molar-refractivity contribution in [3.05, 3.63) is 53.7 Å². The number of nitrogens with zero attached hydrogens (tertiary/aromatic N) is 2. The third kappa shape index (κ3) is 6.72. The lowest BCUT2D eigenvalue weighted by Crippen LogP contribution is -2.25. The maximum absolute atomic E-state index is 12.2. The highest BCUT2D eigenvalue weighted by Gasteiger charge is 2.06. The van der Waals surface area contributed by atoms with Crippen LogP contribution in [0.15, 0.2) is 42.6 Å². The summed E-state index contributed by atoms with van der Waals surface area (Å²) < 4.78 is 5.21. The largest absolute Gasteiger partial charge is 0.497 e.